The third kappa shape index (κ3) is 3.60. The molecule has 0 atom stereocenters. The summed E-state index contributed by atoms with van der Waals surface area (Å²) in [5.74, 6) is 1.12. The zero-order valence-electron chi connectivity index (χ0n) is 13.7. The molecule has 0 saturated carbocycles. The highest BCUT2D eigenvalue weighted by atomic mass is 32.2. The number of rotatable bonds is 5. The normalized spacial score (nSPS) is 14.3. The second kappa shape index (κ2) is 7.25. The summed E-state index contributed by atoms with van der Waals surface area (Å²) in [7, 11) is 0. The number of likely N-dealkylation sites (tertiary alicyclic amines) is 1. The molecule has 0 radical (unpaired) electrons. The predicted molar refractivity (Wildman–Crippen MR) is 94.0 cm³/mol. The summed E-state index contributed by atoms with van der Waals surface area (Å²) < 4.78 is 18.2. The SMILES string of the molecule is O=C(CSc1ccc(F)cc1)N1CC(c2nc(-c3ccccn3)no2)C1. The second-order valence-corrected chi connectivity index (χ2v) is 6.96. The van der Waals surface area contributed by atoms with Crippen molar-refractivity contribution < 1.29 is 13.7 Å². The zero-order valence-corrected chi connectivity index (χ0v) is 14.5. The Morgan fingerprint density at radius 1 is 1.23 bits per heavy atom. The third-order valence-corrected chi connectivity index (χ3v) is 5.09. The van der Waals surface area contributed by atoms with Gasteiger partial charge in [0.25, 0.3) is 0 Å². The minimum Gasteiger partial charge on any atom is -0.340 e. The van der Waals surface area contributed by atoms with Crippen molar-refractivity contribution in [1.82, 2.24) is 20.0 Å². The minimum absolute atomic E-state index is 0.0417. The van der Waals surface area contributed by atoms with Crippen LogP contribution in [0.3, 0.4) is 0 Å². The highest BCUT2D eigenvalue weighted by molar-refractivity contribution is 8.00. The Balaban J connectivity index is 1.29. The van der Waals surface area contributed by atoms with Gasteiger partial charge >= 0.3 is 0 Å². The molecule has 3 aromatic rings. The van der Waals surface area contributed by atoms with Gasteiger partial charge in [0.05, 0.1) is 11.7 Å². The van der Waals surface area contributed by atoms with Crippen LogP contribution in [0.4, 0.5) is 4.39 Å². The first kappa shape index (κ1) is 16.7. The van der Waals surface area contributed by atoms with Gasteiger partial charge < -0.3 is 9.42 Å². The number of hydrogen-bond donors (Lipinski definition) is 0. The lowest BCUT2D eigenvalue weighted by Crippen LogP contribution is -2.49. The average molecular weight is 370 g/mol. The van der Waals surface area contributed by atoms with Gasteiger partial charge in [-0.15, -0.1) is 11.8 Å². The Morgan fingerprint density at radius 3 is 2.77 bits per heavy atom. The summed E-state index contributed by atoms with van der Waals surface area (Å²) in [6.07, 6.45) is 1.67. The van der Waals surface area contributed by atoms with Gasteiger partial charge in [0, 0.05) is 24.2 Å². The van der Waals surface area contributed by atoms with Crippen LogP contribution < -0.4 is 0 Å². The van der Waals surface area contributed by atoms with Crippen LogP contribution in [0.15, 0.2) is 58.1 Å². The second-order valence-electron chi connectivity index (χ2n) is 5.91. The van der Waals surface area contributed by atoms with Crippen LogP contribution in [0.1, 0.15) is 11.8 Å². The first-order valence-corrected chi connectivity index (χ1v) is 9.09. The van der Waals surface area contributed by atoms with Gasteiger partial charge in [-0.2, -0.15) is 4.98 Å². The fourth-order valence-corrected chi connectivity index (χ4v) is 3.41. The van der Waals surface area contributed by atoms with Gasteiger partial charge in [-0.3, -0.25) is 9.78 Å². The standard InChI is InChI=1S/C18H15FN4O2S/c19-13-4-6-14(7-5-13)26-11-16(24)23-9-12(10-23)18-21-17(22-25-18)15-3-1-2-8-20-15/h1-8,12H,9-11H2. The first-order valence-electron chi connectivity index (χ1n) is 8.10. The van der Waals surface area contributed by atoms with Crippen LogP contribution in [-0.4, -0.2) is 44.8 Å². The molecule has 26 heavy (non-hydrogen) atoms. The van der Waals surface area contributed by atoms with Crippen molar-refractivity contribution in [2.45, 2.75) is 10.8 Å². The van der Waals surface area contributed by atoms with E-state index in [4.69, 9.17) is 4.52 Å². The van der Waals surface area contributed by atoms with Crippen LogP contribution in [0.2, 0.25) is 0 Å². The van der Waals surface area contributed by atoms with E-state index in [0.29, 0.717) is 36.3 Å². The van der Waals surface area contributed by atoms with Crippen molar-refractivity contribution in [3.8, 4) is 11.5 Å². The summed E-state index contributed by atoms with van der Waals surface area (Å²) in [6.45, 7) is 1.12. The summed E-state index contributed by atoms with van der Waals surface area (Å²) >= 11 is 1.40. The topological polar surface area (TPSA) is 72.1 Å². The fourth-order valence-electron chi connectivity index (χ4n) is 2.61. The molecule has 132 valence electrons. The van der Waals surface area contributed by atoms with E-state index in [1.165, 1.54) is 23.9 Å². The zero-order chi connectivity index (χ0) is 17.9. The number of amides is 1. The van der Waals surface area contributed by atoms with Crippen LogP contribution in [0, 0.1) is 5.82 Å². The number of pyridine rings is 1. The van der Waals surface area contributed by atoms with Gasteiger partial charge in [-0.1, -0.05) is 11.2 Å². The largest absolute Gasteiger partial charge is 0.340 e. The number of aromatic nitrogens is 3. The molecule has 1 amide bonds. The molecule has 0 bridgehead atoms. The van der Waals surface area contributed by atoms with Gasteiger partial charge in [-0.25, -0.2) is 4.39 Å². The molecule has 1 aliphatic rings. The molecule has 0 N–H and O–H groups in total. The Morgan fingerprint density at radius 2 is 2.04 bits per heavy atom. The van der Waals surface area contributed by atoms with Crippen molar-refractivity contribution in [1.29, 1.82) is 0 Å². The quantitative estimate of drug-likeness (QED) is 0.643. The molecular formula is C18H15FN4O2S. The lowest BCUT2D eigenvalue weighted by atomic mass is 10.0. The number of thioether (sulfide) groups is 1. The molecule has 1 saturated heterocycles. The summed E-state index contributed by atoms with van der Waals surface area (Å²) in [4.78, 5) is 23.4. The van der Waals surface area contributed by atoms with E-state index in [9.17, 15) is 9.18 Å². The summed E-state index contributed by atoms with van der Waals surface area (Å²) in [5, 5.41) is 3.96. The molecule has 1 aromatic carbocycles. The number of nitrogens with zero attached hydrogens (tertiary/aromatic N) is 4. The Hall–Kier alpha value is -2.74. The predicted octanol–water partition coefficient (Wildman–Crippen LogP) is 2.99. The lowest BCUT2D eigenvalue weighted by molar-refractivity contribution is -0.133. The molecule has 4 rings (SSSR count). The van der Waals surface area contributed by atoms with Crippen LogP contribution in [0.25, 0.3) is 11.5 Å². The number of carbonyl (C=O) groups excluding carboxylic acids is 1. The number of hydrogen-bond acceptors (Lipinski definition) is 6. The van der Waals surface area contributed by atoms with Crippen molar-refractivity contribution in [2.75, 3.05) is 18.8 Å². The molecule has 0 unspecified atom stereocenters. The van der Waals surface area contributed by atoms with Crippen molar-refractivity contribution in [2.24, 2.45) is 0 Å². The number of halogens is 1. The van der Waals surface area contributed by atoms with Gasteiger partial charge in [-0.05, 0) is 36.4 Å². The Bertz CT molecular complexity index is 895. The smallest absolute Gasteiger partial charge is 0.233 e. The van der Waals surface area contributed by atoms with E-state index in [1.807, 2.05) is 18.2 Å². The highest BCUT2D eigenvalue weighted by Crippen LogP contribution is 2.28. The monoisotopic (exact) mass is 370 g/mol. The van der Waals surface area contributed by atoms with E-state index in [-0.39, 0.29) is 17.6 Å². The average Bonchev–Trinajstić information content (AvgIpc) is 3.10. The number of carbonyl (C=O) groups is 1. The molecule has 8 heteroatoms. The van der Waals surface area contributed by atoms with Gasteiger partial charge in [0.15, 0.2) is 0 Å². The molecule has 6 nitrogen and oxygen atoms in total. The van der Waals surface area contributed by atoms with Gasteiger partial charge in [0.2, 0.25) is 17.6 Å². The van der Waals surface area contributed by atoms with E-state index in [1.54, 1.807) is 23.2 Å². The maximum atomic E-state index is 12.9. The highest BCUT2D eigenvalue weighted by Gasteiger charge is 2.35. The van der Waals surface area contributed by atoms with Crippen molar-refractivity contribution in [3.63, 3.8) is 0 Å². The number of benzene rings is 1. The van der Waals surface area contributed by atoms with Gasteiger partial charge in [0.1, 0.15) is 11.5 Å². The van der Waals surface area contributed by atoms with Crippen molar-refractivity contribution >= 4 is 17.7 Å². The molecule has 0 spiro atoms. The third-order valence-electron chi connectivity index (χ3n) is 4.10. The molecule has 2 aromatic heterocycles. The lowest BCUT2D eigenvalue weighted by Gasteiger charge is -2.37. The Kier molecular flexibility index (Phi) is 4.66. The maximum Gasteiger partial charge on any atom is 0.233 e. The summed E-state index contributed by atoms with van der Waals surface area (Å²) in [5.41, 5.74) is 0.658. The first-order chi connectivity index (χ1) is 12.7. The maximum absolute atomic E-state index is 12.9. The van der Waals surface area contributed by atoms with E-state index in [2.05, 4.69) is 15.1 Å². The Labute approximate surface area is 153 Å². The molecule has 1 aliphatic heterocycles. The molecule has 1 fully saturated rings. The van der Waals surface area contributed by atoms with E-state index in [0.717, 1.165) is 4.90 Å². The van der Waals surface area contributed by atoms with Crippen LogP contribution in [0.5, 0.6) is 0 Å². The summed E-state index contributed by atoms with van der Waals surface area (Å²) in [6, 6.07) is 11.6. The molecule has 0 aliphatic carbocycles. The van der Waals surface area contributed by atoms with Crippen LogP contribution >= 0.6 is 11.8 Å². The van der Waals surface area contributed by atoms with Crippen LogP contribution in [-0.2, 0) is 4.79 Å². The molecular weight excluding hydrogens is 355 g/mol. The molecule has 3 heterocycles. The van der Waals surface area contributed by atoms with E-state index >= 15 is 0 Å². The minimum atomic E-state index is -0.282. The fraction of sp³-hybridized carbons (Fsp3) is 0.222. The van der Waals surface area contributed by atoms with Crippen molar-refractivity contribution in [3.05, 3.63) is 60.4 Å². The van der Waals surface area contributed by atoms with E-state index < -0.39 is 0 Å².